The van der Waals surface area contributed by atoms with Gasteiger partial charge in [-0.3, -0.25) is 4.79 Å². The van der Waals surface area contributed by atoms with E-state index < -0.39 is 0 Å². The van der Waals surface area contributed by atoms with E-state index in [0.717, 1.165) is 21.8 Å². The predicted molar refractivity (Wildman–Crippen MR) is 92.3 cm³/mol. The van der Waals surface area contributed by atoms with Gasteiger partial charge in [-0.2, -0.15) is 0 Å². The first kappa shape index (κ1) is 14.6. The molecule has 0 saturated carbocycles. The SMILES string of the molecule is O=C(c1ccccc1)c1ccccc1SCc1ccccc1. The van der Waals surface area contributed by atoms with Crippen molar-refractivity contribution in [2.45, 2.75) is 10.6 Å². The highest BCUT2D eigenvalue weighted by atomic mass is 32.2. The Bertz CT molecular complexity index is 751. The molecule has 0 aliphatic carbocycles. The molecule has 0 unspecified atom stereocenters. The lowest BCUT2D eigenvalue weighted by molar-refractivity contribution is 0.103. The molecule has 0 radical (unpaired) electrons. The van der Waals surface area contributed by atoms with E-state index in [9.17, 15) is 4.79 Å². The molecule has 0 heterocycles. The second-order valence-corrected chi connectivity index (χ2v) is 5.98. The van der Waals surface area contributed by atoms with Gasteiger partial charge in [-0.05, 0) is 17.7 Å². The monoisotopic (exact) mass is 304 g/mol. The van der Waals surface area contributed by atoms with Crippen LogP contribution in [0.5, 0.6) is 0 Å². The Balaban J connectivity index is 1.82. The highest BCUT2D eigenvalue weighted by molar-refractivity contribution is 7.98. The van der Waals surface area contributed by atoms with Crippen molar-refractivity contribution in [3.05, 3.63) is 102 Å². The first-order valence-electron chi connectivity index (χ1n) is 7.20. The zero-order valence-electron chi connectivity index (χ0n) is 12.1. The molecule has 0 N–H and O–H groups in total. The smallest absolute Gasteiger partial charge is 0.194 e. The zero-order valence-corrected chi connectivity index (χ0v) is 12.9. The van der Waals surface area contributed by atoms with E-state index in [4.69, 9.17) is 0 Å². The van der Waals surface area contributed by atoms with Crippen molar-refractivity contribution in [1.82, 2.24) is 0 Å². The number of hydrogen-bond donors (Lipinski definition) is 0. The maximum Gasteiger partial charge on any atom is 0.194 e. The van der Waals surface area contributed by atoms with Crippen LogP contribution in [0.15, 0.2) is 89.8 Å². The van der Waals surface area contributed by atoms with Crippen molar-refractivity contribution in [1.29, 1.82) is 0 Å². The third-order valence-electron chi connectivity index (χ3n) is 3.40. The minimum absolute atomic E-state index is 0.0803. The summed E-state index contributed by atoms with van der Waals surface area (Å²) < 4.78 is 0. The minimum atomic E-state index is 0.0803. The maximum atomic E-state index is 12.7. The number of rotatable bonds is 5. The Morgan fingerprint density at radius 1 is 0.727 bits per heavy atom. The molecule has 0 saturated heterocycles. The maximum absolute atomic E-state index is 12.7. The first-order valence-corrected chi connectivity index (χ1v) is 8.18. The van der Waals surface area contributed by atoms with Gasteiger partial charge in [-0.1, -0.05) is 72.8 Å². The highest BCUT2D eigenvalue weighted by Crippen LogP contribution is 2.27. The van der Waals surface area contributed by atoms with Crippen molar-refractivity contribution in [2.24, 2.45) is 0 Å². The van der Waals surface area contributed by atoms with E-state index in [-0.39, 0.29) is 5.78 Å². The molecule has 1 nitrogen and oxygen atoms in total. The van der Waals surface area contributed by atoms with E-state index >= 15 is 0 Å². The van der Waals surface area contributed by atoms with Crippen LogP contribution >= 0.6 is 11.8 Å². The average molecular weight is 304 g/mol. The van der Waals surface area contributed by atoms with Gasteiger partial charge >= 0.3 is 0 Å². The fourth-order valence-electron chi connectivity index (χ4n) is 2.26. The number of benzene rings is 3. The summed E-state index contributed by atoms with van der Waals surface area (Å²) in [5, 5.41) is 0. The third-order valence-corrected chi connectivity index (χ3v) is 4.55. The van der Waals surface area contributed by atoms with Crippen LogP contribution in [0.3, 0.4) is 0 Å². The largest absolute Gasteiger partial charge is 0.289 e. The van der Waals surface area contributed by atoms with Gasteiger partial charge in [0.25, 0.3) is 0 Å². The van der Waals surface area contributed by atoms with E-state index in [1.54, 1.807) is 11.8 Å². The van der Waals surface area contributed by atoms with Crippen LogP contribution in [0, 0.1) is 0 Å². The second kappa shape index (κ2) is 7.10. The molecule has 0 spiro atoms. The molecule has 0 amide bonds. The Hall–Kier alpha value is -2.32. The highest BCUT2D eigenvalue weighted by Gasteiger charge is 2.13. The number of thioether (sulfide) groups is 1. The average Bonchev–Trinajstić information content (AvgIpc) is 2.61. The first-order chi connectivity index (χ1) is 10.8. The van der Waals surface area contributed by atoms with Gasteiger partial charge in [0.2, 0.25) is 0 Å². The molecule has 108 valence electrons. The molecule has 3 aromatic carbocycles. The van der Waals surface area contributed by atoms with Gasteiger partial charge in [0.05, 0.1) is 0 Å². The Morgan fingerprint density at radius 3 is 2.05 bits per heavy atom. The standard InChI is InChI=1S/C20H16OS/c21-20(17-11-5-2-6-12-17)18-13-7-8-14-19(18)22-15-16-9-3-1-4-10-16/h1-14H,15H2. The zero-order chi connectivity index (χ0) is 15.2. The van der Waals surface area contributed by atoms with Crippen molar-refractivity contribution >= 4 is 17.5 Å². The Kier molecular flexibility index (Phi) is 4.71. The fraction of sp³-hybridized carbons (Fsp3) is 0.0500. The molecule has 0 aliphatic heterocycles. The van der Waals surface area contributed by atoms with Crippen LogP contribution in [0.1, 0.15) is 21.5 Å². The molecule has 0 aromatic heterocycles. The van der Waals surface area contributed by atoms with Crippen molar-refractivity contribution < 1.29 is 4.79 Å². The van der Waals surface area contributed by atoms with Crippen molar-refractivity contribution in [3.63, 3.8) is 0 Å². The van der Waals surface area contributed by atoms with Gasteiger partial charge < -0.3 is 0 Å². The van der Waals surface area contributed by atoms with Crippen LogP contribution in [0.2, 0.25) is 0 Å². The normalized spacial score (nSPS) is 10.4. The molecule has 0 atom stereocenters. The van der Waals surface area contributed by atoms with Gasteiger partial charge in [-0.15, -0.1) is 11.8 Å². The van der Waals surface area contributed by atoms with Crippen LogP contribution in [0.4, 0.5) is 0 Å². The minimum Gasteiger partial charge on any atom is -0.289 e. The molecular formula is C20H16OS. The van der Waals surface area contributed by atoms with E-state index in [0.29, 0.717) is 0 Å². The molecule has 0 bridgehead atoms. The molecular weight excluding hydrogens is 288 g/mol. The summed E-state index contributed by atoms with van der Waals surface area (Å²) in [4.78, 5) is 13.7. The molecule has 22 heavy (non-hydrogen) atoms. The van der Waals surface area contributed by atoms with Crippen LogP contribution in [0.25, 0.3) is 0 Å². The van der Waals surface area contributed by atoms with Gasteiger partial charge in [0.1, 0.15) is 0 Å². The van der Waals surface area contributed by atoms with Crippen LogP contribution in [-0.2, 0) is 5.75 Å². The summed E-state index contributed by atoms with van der Waals surface area (Å²) in [5.41, 5.74) is 2.76. The van der Waals surface area contributed by atoms with Crippen molar-refractivity contribution in [3.8, 4) is 0 Å². The number of carbonyl (C=O) groups is 1. The molecule has 3 rings (SSSR count). The van der Waals surface area contributed by atoms with E-state index in [1.165, 1.54) is 5.56 Å². The lowest BCUT2D eigenvalue weighted by Gasteiger charge is -2.08. The lowest BCUT2D eigenvalue weighted by atomic mass is 10.0. The van der Waals surface area contributed by atoms with Crippen molar-refractivity contribution in [2.75, 3.05) is 0 Å². The number of carbonyl (C=O) groups excluding carboxylic acids is 1. The van der Waals surface area contributed by atoms with Gasteiger partial charge in [-0.25, -0.2) is 0 Å². The lowest BCUT2D eigenvalue weighted by Crippen LogP contribution is -2.02. The Labute approximate surface area is 135 Å². The predicted octanol–water partition coefficient (Wildman–Crippen LogP) is 5.21. The summed E-state index contributed by atoms with van der Waals surface area (Å²) in [5.74, 6) is 0.941. The van der Waals surface area contributed by atoms with Gasteiger partial charge in [0.15, 0.2) is 5.78 Å². The summed E-state index contributed by atoms with van der Waals surface area (Å²) >= 11 is 1.70. The van der Waals surface area contributed by atoms with Crippen LogP contribution < -0.4 is 0 Å². The third kappa shape index (κ3) is 3.46. The van der Waals surface area contributed by atoms with E-state index in [2.05, 4.69) is 12.1 Å². The Morgan fingerprint density at radius 2 is 1.32 bits per heavy atom. The molecule has 0 aliphatic rings. The molecule has 2 heteroatoms. The molecule has 0 fully saturated rings. The quantitative estimate of drug-likeness (QED) is 0.475. The topological polar surface area (TPSA) is 17.1 Å². The fourth-order valence-corrected chi connectivity index (χ4v) is 3.27. The van der Waals surface area contributed by atoms with E-state index in [1.807, 2.05) is 72.8 Å². The van der Waals surface area contributed by atoms with Crippen LogP contribution in [-0.4, -0.2) is 5.78 Å². The second-order valence-electron chi connectivity index (χ2n) is 4.97. The summed E-state index contributed by atoms with van der Waals surface area (Å²) in [6.45, 7) is 0. The number of ketones is 1. The number of hydrogen-bond acceptors (Lipinski definition) is 2. The summed E-state index contributed by atoms with van der Waals surface area (Å²) in [6.07, 6.45) is 0. The summed E-state index contributed by atoms with van der Waals surface area (Å²) in [6, 6.07) is 27.6. The molecule has 3 aromatic rings. The summed E-state index contributed by atoms with van der Waals surface area (Å²) in [7, 11) is 0. The van der Waals surface area contributed by atoms with Gasteiger partial charge in [0, 0.05) is 21.8 Å².